The van der Waals surface area contributed by atoms with Gasteiger partial charge < -0.3 is 4.74 Å². The first-order valence-electron chi connectivity index (χ1n) is 13.2. The molecule has 3 fully saturated rings. The van der Waals surface area contributed by atoms with Crippen LogP contribution in [0, 0.1) is 40.4 Å². The van der Waals surface area contributed by atoms with E-state index in [4.69, 9.17) is 4.74 Å². The normalized spacial score (nSPS) is 37.3. The average molecular weight is 416 g/mol. The summed E-state index contributed by atoms with van der Waals surface area (Å²) >= 11 is 0. The Morgan fingerprint density at radius 3 is 2.03 bits per heavy atom. The highest BCUT2D eigenvalue weighted by Gasteiger charge is 2.38. The Bertz CT molecular complexity index is 556. The number of rotatable bonds is 8. The van der Waals surface area contributed by atoms with Crippen molar-refractivity contribution in [2.45, 2.75) is 129 Å². The molecule has 170 valence electrons. The largest absolute Gasteiger partial charge is 0.462 e. The van der Waals surface area contributed by atoms with Crippen LogP contribution >= 0.6 is 0 Å². The molecule has 3 nitrogen and oxygen atoms in total. The van der Waals surface area contributed by atoms with Gasteiger partial charge in [-0.1, -0.05) is 52.4 Å². The Balaban J connectivity index is 1.35. The molecule has 3 aliphatic carbocycles. The molecule has 0 heterocycles. The Kier molecular flexibility index (Phi) is 9.09. The van der Waals surface area contributed by atoms with Gasteiger partial charge in [-0.25, -0.2) is 0 Å². The third-order valence-corrected chi connectivity index (χ3v) is 8.77. The van der Waals surface area contributed by atoms with Crippen molar-refractivity contribution in [3.05, 3.63) is 0 Å². The maximum absolute atomic E-state index is 12.8. The van der Waals surface area contributed by atoms with Gasteiger partial charge in [0.25, 0.3) is 0 Å². The van der Waals surface area contributed by atoms with Crippen LogP contribution in [0.4, 0.5) is 0 Å². The number of nitrogens with zero attached hydrogens (tertiary/aromatic N) is 1. The predicted octanol–water partition coefficient (Wildman–Crippen LogP) is 7.59. The number of nitriles is 1. The molecule has 0 bridgehead atoms. The minimum Gasteiger partial charge on any atom is -0.462 e. The van der Waals surface area contributed by atoms with Gasteiger partial charge in [0.15, 0.2) is 0 Å². The average Bonchev–Trinajstić information content (AvgIpc) is 2.79. The van der Waals surface area contributed by atoms with E-state index < -0.39 is 0 Å². The summed E-state index contributed by atoms with van der Waals surface area (Å²) in [6, 6.07) is 2.56. The zero-order valence-electron chi connectivity index (χ0n) is 19.7. The second-order valence-corrected chi connectivity index (χ2v) is 10.8. The Morgan fingerprint density at radius 2 is 1.50 bits per heavy atom. The van der Waals surface area contributed by atoms with Crippen molar-refractivity contribution in [1.82, 2.24) is 0 Å². The summed E-state index contributed by atoms with van der Waals surface area (Å²) in [7, 11) is 0. The minimum absolute atomic E-state index is 0.0481. The van der Waals surface area contributed by atoms with Gasteiger partial charge in [0.1, 0.15) is 6.10 Å². The van der Waals surface area contributed by atoms with E-state index in [0.29, 0.717) is 0 Å². The van der Waals surface area contributed by atoms with Crippen molar-refractivity contribution in [2.75, 3.05) is 0 Å². The Hall–Kier alpha value is -1.04. The molecule has 0 aromatic heterocycles. The number of hydrogen-bond acceptors (Lipinski definition) is 3. The van der Waals surface area contributed by atoms with Crippen molar-refractivity contribution in [1.29, 1.82) is 5.26 Å². The fourth-order valence-electron chi connectivity index (χ4n) is 6.69. The maximum Gasteiger partial charge on any atom is 0.309 e. The second kappa shape index (κ2) is 11.5. The third kappa shape index (κ3) is 6.24. The molecule has 0 spiro atoms. The predicted molar refractivity (Wildman–Crippen MR) is 122 cm³/mol. The van der Waals surface area contributed by atoms with E-state index in [1.165, 1.54) is 57.8 Å². The molecule has 0 radical (unpaired) electrons. The highest BCUT2D eigenvalue weighted by Crippen LogP contribution is 2.44. The lowest BCUT2D eigenvalue weighted by atomic mass is 9.68. The standard InChI is InChI=1S/C27H45NO2/c1-3-5-6-21-7-9-22(10-8-21)23-11-13-24(14-12-23)26(29)30-25-15-18-27(20-28,17-4-2)19-16-25/h21-25H,3-19H2,1-2H3. The topological polar surface area (TPSA) is 50.1 Å². The Morgan fingerprint density at radius 1 is 0.900 bits per heavy atom. The van der Waals surface area contributed by atoms with Gasteiger partial charge >= 0.3 is 5.97 Å². The summed E-state index contributed by atoms with van der Waals surface area (Å²) in [4.78, 5) is 12.8. The summed E-state index contributed by atoms with van der Waals surface area (Å²) in [6.45, 7) is 4.45. The molecule has 3 rings (SSSR count). The number of esters is 1. The SMILES string of the molecule is CCCCC1CCC(C2CCC(C(=O)OC3CCC(C#N)(CCC)CC3)CC2)CC1. The van der Waals surface area contributed by atoms with Crippen molar-refractivity contribution in [3.8, 4) is 6.07 Å². The van der Waals surface area contributed by atoms with E-state index >= 15 is 0 Å². The molecule has 3 aliphatic rings. The summed E-state index contributed by atoms with van der Waals surface area (Å²) < 4.78 is 5.93. The van der Waals surface area contributed by atoms with Crippen LogP contribution in [0.25, 0.3) is 0 Å². The highest BCUT2D eigenvalue weighted by molar-refractivity contribution is 5.72. The number of unbranched alkanes of at least 4 members (excludes halogenated alkanes) is 1. The van der Waals surface area contributed by atoms with Crippen LogP contribution in [-0.2, 0) is 9.53 Å². The van der Waals surface area contributed by atoms with E-state index in [1.54, 1.807) is 0 Å². The number of ether oxygens (including phenoxy) is 1. The van der Waals surface area contributed by atoms with Crippen LogP contribution in [0.3, 0.4) is 0 Å². The first kappa shape index (κ1) is 23.6. The van der Waals surface area contributed by atoms with Crippen LogP contribution in [-0.4, -0.2) is 12.1 Å². The quantitative estimate of drug-likeness (QED) is 0.384. The monoisotopic (exact) mass is 415 g/mol. The van der Waals surface area contributed by atoms with E-state index in [2.05, 4.69) is 19.9 Å². The summed E-state index contributed by atoms with van der Waals surface area (Å²) in [6.07, 6.45) is 20.0. The van der Waals surface area contributed by atoms with E-state index in [0.717, 1.165) is 69.1 Å². The van der Waals surface area contributed by atoms with E-state index in [-0.39, 0.29) is 23.4 Å². The Labute approximate surface area is 185 Å². The van der Waals surface area contributed by atoms with Crippen LogP contribution in [0.5, 0.6) is 0 Å². The fourth-order valence-corrected chi connectivity index (χ4v) is 6.69. The molecule has 0 N–H and O–H groups in total. The van der Waals surface area contributed by atoms with Crippen LogP contribution in [0.2, 0.25) is 0 Å². The van der Waals surface area contributed by atoms with Crippen LogP contribution in [0.15, 0.2) is 0 Å². The number of carbonyl (C=O) groups excluding carboxylic acids is 1. The molecule has 0 aromatic rings. The molecule has 0 aliphatic heterocycles. The first-order chi connectivity index (χ1) is 14.6. The minimum atomic E-state index is -0.161. The van der Waals surface area contributed by atoms with Gasteiger partial charge in [0, 0.05) is 0 Å². The molecule has 3 heteroatoms. The van der Waals surface area contributed by atoms with Gasteiger partial charge in [-0.15, -0.1) is 0 Å². The molecule has 0 amide bonds. The van der Waals surface area contributed by atoms with Gasteiger partial charge in [-0.05, 0) is 88.4 Å². The summed E-state index contributed by atoms with van der Waals surface area (Å²) in [5.74, 6) is 2.93. The summed E-state index contributed by atoms with van der Waals surface area (Å²) in [5.41, 5.74) is -0.161. The first-order valence-corrected chi connectivity index (χ1v) is 13.2. The number of carbonyl (C=O) groups is 1. The van der Waals surface area contributed by atoms with Gasteiger partial charge in [-0.2, -0.15) is 5.26 Å². The molecule has 0 atom stereocenters. The maximum atomic E-state index is 12.8. The van der Waals surface area contributed by atoms with Gasteiger partial charge in [0.05, 0.1) is 17.4 Å². The van der Waals surface area contributed by atoms with Crippen molar-refractivity contribution in [3.63, 3.8) is 0 Å². The van der Waals surface area contributed by atoms with Crippen molar-refractivity contribution >= 4 is 5.97 Å². The lowest BCUT2D eigenvalue weighted by Crippen LogP contribution is -2.34. The lowest BCUT2D eigenvalue weighted by molar-refractivity contribution is -0.158. The van der Waals surface area contributed by atoms with Crippen LogP contribution < -0.4 is 0 Å². The summed E-state index contributed by atoms with van der Waals surface area (Å²) in [5, 5.41) is 9.57. The molecular weight excluding hydrogens is 370 g/mol. The lowest BCUT2D eigenvalue weighted by Gasteiger charge is -2.38. The molecule has 3 saturated carbocycles. The van der Waals surface area contributed by atoms with Crippen molar-refractivity contribution in [2.24, 2.45) is 29.1 Å². The van der Waals surface area contributed by atoms with E-state index in [9.17, 15) is 10.1 Å². The van der Waals surface area contributed by atoms with Crippen LogP contribution in [0.1, 0.15) is 123 Å². The van der Waals surface area contributed by atoms with Gasteiger partial charge in [0.2, 0.25) is 0 Å². The zero-order chi connectivity index (χ0) is 21.4. The molecule has 0 saturated heterocycles. The molecular formula is C27H45NO2. The molecule has 0 unspecified atom stereocenters. The third-order valence-electron chi connectivity index (χ3n) is 8.77. The number of hydrogen-bond donors (Lipinski definition) is 0. The zero-order valence-corrected chi connectivity index (χ0v) is 19.7. The molecule has 30 heavy (non-hydrogen) atoms. The van der Waals surface area contributed by atoms with Crippen molar-refractivity contribution < 1.29 is 9.53 Å². The molecule has 0 aromatic carbocycles. The highest BCUT2D eigenvalue weighted by atomic mass is 16.5. The second-order valence-electron chi connectivity index (χ2n) is 10.8. The van der Waals surface area contributed by atoms with Gasteiger partial charge in [-0.3, -0.25) is 4.79 Å². The van der Waals surface area contributed by atoms with E-state index in [1.807, 2.05) is 0 Å². The fraction of sp³-hybridized carbons (Fsp3) is 0.926. The smallest absolute Gasteiger partial charge is 0.309 e.